The molecule has 0 aromatic rings. The predicted octanol–water partition coefficient (Wildman–Crippen LogP) is 5.44. The van der Waals surface area contributed by atoms with Crippen molar-refractivity contribution < 1.29 is 78.4 Å². The van der Waals surface area contributed by atoms with Crippen LogP contribution in [0, 0.1) is 11.8 Å². The monoisotopic (exact) mass is 911 g/mol. The molecule has 2 aliphatic rings. The van der Waals surface area contributed by atoms with Crippen LogP contribution in [0.2, 0.25) is 0 Å². The lowest BCUT2D eigenvalue weighted by Gasteiger charge is -2.37. The van der Waals surface area contributed by atoms with Crippen molar-refractivity contribution in [3.63, 3.8) is 0 Å². The first-order chi connectivity index (χ1) is 29.6. The molecule has 1 heterocycles. The fraction of sp³-hybridized carbons (Fsp3) is 0.911. The molecule has 1 aliphatic carbocycles. The van der Waals surface area contributed by atoms with E-state index in [1.54, 1.807) is 0 Å². The molecule has 1 aliphatic heterocycles. The second-order valence-corrected chi connectivity index (χ2v) is 19.0. The van der Waals surface area contributed by atoms with Gasteiger partial charge in [-0.1, -0.05) is 142 Å². The lowest BCUT2D eigenvalue weighted by atomic mass is 9.82. The number of unbranched alkanes of at least 4 members (excludes halogenated alkanes) is 14. The highest BCUT2D eigenvalue weighted by Crippen LogP contribution is 2.47. The maximum Gasteiger partial charge on any atom is 0.472 e. The SMILES string of the molecule is CCCCCCCCCCCCCCCC(=O)OC[C@@H]1COP(=O)(O)O[C@H]2[C@H](O)[C@@H](O)[C@H](O)[C@@H](CCCCCCC(=O)O1)[C@@H](O)C[C@@H](O)[C@H](/C=C\[C@@H](O)CCCCC)[C@@H](O)[C@H]2O. The molecule has 9 N–H and O–H groups in total. The summed E-state index contributed by atoms with van der Waals surface area (Å²) in [5, 5.41) is 90.0. The van der Waals surface area contributed by atoms with Gasteiger partial charge in [0.25, 0.3) is 0 Å². The van der Waals surface area contributed by atoms with Gasteiger partial charge in [-0.2, -0.15) is 0 Å². The number of cyclic esters (lactones) is 1. The number of carbonyl (C=O) groups is 2. The van der Waals surface area contributed by atoms with Gasteiger partial charge in [-0.15, -0.1) is 0 Å². The highest BCUT2D eigenvalue weighted by Gasteiger charge is 2.49. The number of phosphoric acid groups is 1. The summed E-state index contributed by atoms with van der Waals surface area (Å²) in [7, 11) is -5.42. The van der Waals surface area contributed by atoms with Crippen LogP contribution in [0.5, 0.6) is 0 Å². The first-order valence-electron chi connectivity index (χ1n) is 23.7. The quantitative estimate of drug-likeness (QED) is 0.0283. The summed E-state index contributed by atoms with van der Waals surface area (Å²) >= 11 is 0. The van der Waals surface area contributed by atoms with E-state index in [1.807, 2.05) is 6.92 Å². The summed E-state index contributed by atoms with van der Waals surface area (Å²) in [6, 6.07) is 0. The number of esters is 2. The molecule has 2 rings (SSSR count). The van der Waals surface area contributed by atoms with Crippen LogP contribution >= 0.6 is 7.82 Å². The van der Waals surface area contributed by atoms with E-state index in [2.05, 4.69) is 6.92 Å². The molecular formula is C45H83O16P. The van der Waals surface area contributed by atoms with E-state index in [1.165, 1.54) is 63.5 Å². The molecular weight excluding hydrogens is 827 g/mol. The molecule has 0 radical (unpaired) electrons. The molecule has 0 spiro atoms. The molecule has 17 heteroatoms. The topological polar surface area (TPSA) is 270 Å². The zero-order chi connectivity index (χ0) is 45.9. The highest BCUT2D eigenvalue weighted by atomic mass is 31.2. The third-order valence-corrected chi connectivity index (χ3v) is 13.2. The second kappa shape index (κ2) is 32.2. The minimum absolute atomic E-state index is 0.0448. The van der Waals surface area contributed by atoms with Crippen molar-refractivity contribution in [2.45, 2.75) is 235 Å². The van der Waals surface area contributed by atoms with Crippen molar-refractivity contribution in [1.29, 1.82) is 0 Å². The Balaban J connectivity index is 2.18. The van der Waals surface area contributed by atoms with Gasteiger partial charge in [-0.25, -0.2) is 4.57 Å². The minimum Gasteiger partial charge on any atom is -0.462 e. The third kappa shape index (κ3) is 22.6. The van der Waals surface area contributed by atoms with Crippen LogP contribution in [-0.2, 0) is 32.7 Å². The van der Waals surface area contributed by atoms with Gasteiger partial charge in [0.05, 0.1) is 37.1 Å². The molecule has 0 amide bonds. The van der Waals surface area contributed by atoms with Gasteiger partial charge in [-0.05, 0) is 25.7 Å². The van der Waals surface area contributed by atoms with Crippen LogP contribution < -0.4 is 0 Å². The van der Waals surface area contributed by atoms with E-state index in [-0.39, 0.29) is 19.3 Å². The van der Waals surface area contributed by atoms with Gasteiger partial charge >= 0.3 is 19.8 Å². The Kier molecular flexibility index (Phi) is 29.4. The van der Waals surface area contributed by atoms with Gasteiger partial charge in [0.15, 0.2) is 6.10 Å². The minimum atomic E-state index is -5.42. The summed E-state index contributed by atoms with van der Waals surface area (Å²) in [4.78, 5) is 36.4. The number of fused-ring (bicyclic) bond motifs is 4. The van der Waals surface area contributed by atoms with Gasteiger partial charge in [-0.3, -0.25) is 18.6 Å². The Morgan fingerprint density at radius 2 is 1.31 bits per heavy atom. The first-order valence-corrected chi connectivity index (χ1v) is 25.2. The summed E-state index contributed by atoms with van der Waals surface area (Å²) in [6.07, 6.45) is 3.00. The van der Waals surface area contributed by atoms with Crippen molar-refractivity contribution in [2.24, 2.45) is 11.8 Å². The number of aliphatic hydroxyl groups is 8. The highest BCUT2D eigenvalue weighted by molar-refractivity contribution is 7.47. The van der Waals surface area contributed by atoms with Gasteiger partial charge < -0.3 is 55.2 Å². The summed E-state index contributed by atoms with van der Waals surface area (Å²) < 4.78 is 34.7. The molecule has 1 saturated heterocycles. The number of rotatable bonds is 22. The van der Waals surface area contributed by atoms with E-state index in [4.69, 9.17) is 18.5 Å². The zero-order valence-electron chi connectivity index (χ0n) is 37.5. The number of hydrogen-bond donors (Lipinski definition) is 9. The first kappa shape index (κ1) is 56.6. The number of ether oxygens (including phenoxy) is 2. The van der Waals surface area contributed by atoms with Crippen molar-refractivity contribution in [3.05, 3.63) is 12.2 Å². The molecule has 16 nitrogen and oxygen atoms in total. The zero-order valence-corrected chi connectivity index (χ0v) is 38.4. The number of phosphoric ester groups is 1. The summed E-state index contributed by atoms with van der Waals surface area (Å²) in [5.74, 6) is -3.85. The van der Waals surface area contributed by atoms with Gasteiger partial charge in [0.1, 0.15) is 31.0 Å². The standard InChI is InChI=1S/C45H83O16P/c1-3-5-7-8-9-10-11-12-13-14-15-16-21-25-38(49)58-30-33-31-59-62(56,57)61-45-43(54)41(52)35(28-27-32(46)23-19-6-4-2)37(48)29-36(47)34(40(51)42(53)44(45)55)24-20-17-18-22-26-39(50)60-33/h27-28,32-37,40-48,51-55H,3-26,29-31H2,1-2H3,(H,56,57)/b28-27-/t32-,33+,34-,35-,36-,37+,40+,41+,42-,43+,44+,45+/m0/s1. The van der Waals surface area contributed by atoms with Crippen molar-refractivity contribution in [1.82, 2.24) is 0 Å². The number of aliphatic hydroxyl groups excluding tert-OH is 8. The molecule has 2 fully saturated rings. The second-order valence-electron chi connectivity index (χ2n) is 17.6. The van der Waals surface area contributed by atoms with E-state index in [0.29, 0.717) is 44.9 Å². The Hall–Kier alpha value is -1.53. The van der Waals surface area contributed by atoms with E-state index >= 15 is 0 Å². The van der Waals surface area contributed by atoms with Crippen LogP contribution in [0.3, 0.4) is 0 Å². The molecule has 2 bridgehead atoms. The van der Waals surface area contributed by atoms with Crippen molar-refractivity contribution in [3.8, 4) is 0 Å². The maximum atomic E-state index is 13.5. The molecule has 0 aromatic carbocycles. The Labute approximate surface area is 370 Å². The fourth-order valence-corrected chi connectivity index (χ4v) is 9.24. The van der Waals surface area contributed by atoms with E-state index in [9.17, 15) is 59.9 Å². The maximum absolute atomic E-state index is 13.5. The molecule has 364 valence electrons. The predicted molar refractivity (Wildman–Crippen MR) is 232 cm³/mol. The average molecular weight is 911 g/mol. The van der Waals surface area contributed by atoms with Crippen molar-refractivity contribution in [2.75, 3.05) is 13.2 Å². The normalized spacial score (nSPS) is 33.1. The van der Waals surface area contributed by atoms with Crippen LogP contribution in [0.25, 0.3) is 0 Å². The number of carbonyl (C=O) groups excluding carboxylic acids is 2. The molecule has 0 aromatic heterocycles. The van der Waals surface area contributed by atoms with Crippen molar-refractivity contribution >= 4 is 19.8 Å². The van der Waals surface area contributed by atoms with Gasteiger partial charge in [0.2, 0.25) is 0 Å². The van der Waals surface area contributed by atoms with Crippen LogP contribution in [0.1, 0.15) is 174 Å². The molecule has 1 unspecified atom stereocenters. The Bertz CT molecular complexity index is 1270. The van der Waals surface area contributed by atoms with E-state index < -0.39 is 112 Å². The average Bonchev–Trinajstić information content (AvgIpc) is 3.23. The molecule has 62 heavy (non-hydrogen) atoms. The lowest BCUT2D eigenvalue weighted by Crippen LogP contribution is -2.55. The molecule has 1 saturated carbocycles. The smallest absolute Gasteiger partial charge is 0.462 e. The molecule has 13 atom stereocenters. The number of hydrogen-bond acceptors (Lipinski definition) is 15. The Morgan fingerprint density at radius 3 is 1.94 bits per heavy atom. The summed E-state index contributed by atoms with van der Waals surface area (Å²) in [6.45, 7) is 2.86. The van der Waals surface area contributed by atoms with E-state index in [0.717, 1.165) is 38.5 Å². The fourth-order valence-electron chi connectivity index (χ4n) is 8.27. The largest absolute Gasteiger partial charge is 0.472 e. The third-order valence-electron chi connectivity index (χ3n) is 12.2. The van der Waals surface area contributed by atoms with Crippen LogP contribution in [-0.4, -0.2) is 132 Å². The lowest BCUT2D eigenvalue weighted by molar-refractivity contribution is -0.167. The summed E-state index contributed by atoms with van der Waals surface area (Å²) in [5.41, 5.74) is 0. The van der Waals surface area contributed by atoms with Crippen LogP contribution in [0.15, 0.2) is 12.2 Å². The Morgan fingerprint density at radius 1 is 0.742 bits per heavy atom. The van der Waals surface area contributed by atoms with Gasteiger partial charge in [0, 0.05) is 31.1 Å². The van der Waals surface area contributed by atoms with Crippen LogP contribution in [0.4, 0.5) is 0 Å².